The summed E-state index contributed by atoms with van der Waals surface area (Å²) in [6.45, 7) is 3.06. The molecule has 174 valence electrons. The Morgan fingerprint density at radius 3 is 2.79 bits per heavy atom. The number of carbonyl (C=O) groups is 2. The number of Topliss-reactive ketones (excluding diaryl/α,β-unsaturated/α-hetero) is 2. The van der Waals surface area contributed by atoms with E-state index in [0.717, 1.165) is 46.2 Å². The van der Waals surface area contributed by atoms with Gasteiger partial charge in [0.05, 0.1) is 11.5 Å². The zero-order chi connectivity index (χ0) is 23.6. The van der Waals surface area contributed by atoms with Gasteiger partial charge >= 0.3 is 0 Å². The zero-order valence-corrected chi connectivity index (χ0v) is 20.0. The van der Waals surface area contributed by atoms with Crippen LogP contribution in [-0.2, 0) is 14.3 Å². The zero-order valence-electron chi connectivity index (χ0n) is 20.0. The van der Waals surface area contributed by atoms with Crippen LogP contribution in [0.2, 0.25) is 0 Å². The summed E-state index contributed by atoms with van der Waals surface area (Å²) >= 11 is 0. The largest absolute Gasteiger partial charge is 0.489 e. The van der Waals surface area contributed by atoms with Crippen LogP contribution in [0.3, 0.4) is 0 Å². The van der Waals surface area contributed by atoms with Crippen LogP contribution in [0, 0.1) is 17.3 Å². The second kappa shape index (κ2) is 7.74. The first-order valence-electron chi connectivity index (χ1n) is 12.2. The lowest BCUT2D eigenvalue weighted by Crippen LogP contribution is -2.41. The van der Waals surface area contributed by atoms with E-state index in [1.54, 1.807) is 6.20 Å². The molecule has 1 fully saturated rings. The second-order valence-electron chi connectivity index (χ2n) is 10.9. The maximum atomic E-state index is 13.5. The molecule has 0 saturated heterocycles. The summed E-state index contributed by atoms with van der Waals surface area (Å²) in [5.74, 6) is 1.35. The lowest BCUT2D eigenvalue weighted by atomic mass is 9.64. The van der Waals surface area contributed by atoms with Crippen molar-refractivity contribution in [3.8, 4) is 0 Å². The van der Waals surface area contributed by atoms with Crippen molar-refractivity contribution in [1.82, 2.24) is 9.88 Å². The fourth-order valence-corrected chi connectivity index (χ4v) is 6.69. The lowest BCUT2D eigenvalue weighted by Gasteiger charge is -2.44. The van der Waals surface area contributed by atoms with E-state index in [2.05, 4.69) is 47.2 Å². The van der Waals surface area contributed by atoms with Crippen LogP contribution in [0.4, 0.5) is 0 Å². The fourth-order valence-electron chi connectivity index (χ4n) is 6.69. The molecule has 2 aromatic rings. The van der Waals surface area contributed by atoms with Gasteiger partial charge in [0.2, 0.25) is 0 Å². The molecule has 5 heteroatoms. The maximum Gasteiger partial charge on any atom is 0.166 e. The molecular weight excluding hydrogens is 424 g/mol. The van der Waals surface area contributed by atoms with Gasteiger partial charge in [-0.25, -0.2) is 0 Å². The first-order valence-corrected chi connectivity index (χ1v) is 12.2. The van der Waals surface area contributed by atoms with E-state index in [9.17, 15) is 9.59 Å². The van der Waals surface area contributed by atoms with E-state index in [1.807, 2.05) is 32.4 Å². The van der Waals surface area contributed by atoms with E-state index in [1.165, 1.54) is 0 Å². The van der Waals surface area contributed by atoms with Crippen LogP contribution in [0.5, 0.6) is 0 Å². The number of carbonyl (C=O) groups excluding carboxylic acids is 2. The highest BCUT2D eigenvalue weighted by Crippen LogP contribution is 2.58. The molecule has 3 aliphatic carbocycles. The van der Waals surface area contributed by atoms with Gasteiger partial charge in [-0.2, -0.15) is 0 Å². The van der Waals surface area contributed by atoms with Crippen LogP contribution in [0.15, 0.2) is 71.8 Å². The number of hydrogen-bond donors (Lipinski definition) is 0. The maximum absolute atomic E-state index is 13.5. The Hall–Kier alpha value is -3.05. The minimum Gasteiger partial charge on any atom is -0.489 e. The SMILES string of the molecule is CN(C)CC1CC(=O)C2=C(C1)O[C@@H]1C(=C2)C=C[C@]2(C)[C@@H](c3ccc4ccncc4c3)C(=O)C[C@@H]12. The summed E-state index contributed by atoms with van der Waals surface area (Å²) in [7, 11) is 4.08. The number of allylic oxidation sites excluding steroid dienone is 4. The fraction of sp³-hybridized carbons (Fsp3) is 0.414. The third-order valence-electron chi connectivity index (χ3n) is 8.24. The van der Waals surface area contributed by atoms with Crippen LogP contribution in [0.25, 0.3) is 10.8 Å². The Balaban J connectivity index is 1.35. The smallest absolute Gasteiger partial charge is 0.166 e. The third kappa shape index (κ3) is 3.29. The lowest BCUT2D eigenvalue weighted by molar-refractivity contribution is -0.120. The molecule has 0 spiro atoms. The molecule has 1 unspecified atom stereocenters. The van der Waals surface area contributed by atoms with Gasteiger partial charge in [0.1, 0.15) is 17.6 Å². The van der Waals surface area contributed by atoms with Gasteiger partial charge in [-0.3, -0.25) is 14.6 Å². The van der Waals surface area contributed by atoms with Crippen molar-refractivity contribution in [2.45, 2.75) is 38.2 Å². The number of hydrogen-bond acceptors (Lipinski definition) is 5. The summed E-state index contributed by atoms with van der Waals surface area (Å²) in [5.41, 5.74) is 2.46. The number of ether oxygens (including phenoxy) is 1. The predicted molar refractivity (Wildman–Crippen MR) is 131 cm³/mol. The first-order chi connectivity index (χ1) is 16.3. The van der Waals surface area contributed by atoms with E-state index < -0.39 is 0 Å². The number of fused-ring (bicyclic) bond motifs is 4. The van der Waals surface area contributed by atoms with Crippen molar-refractivity contribution in [3.05, 3.63) is 77.4 Å². The third-order valence-corrected chi connectivity index (χ3v) is 8.24. The van der Waals surface area contributed by atoms with E-state index in [-0.39, 0.29) is 40.8 Å². The monoisotopic (exact) mass is 454 g/mol. The van der Waals surface area contributed by atoms with E-state index in [0.29, 0.717) is 12.8 Å². The van der Waals surface area contributed by atoms with Gasteiger partial charge in [-0.15, -0.1) is 0 Å². The normalized spacial score (nSPS) is 32.4. The minimum atomic E-state index is -0.339. The standard InChI is InChI=1S/C29H30N2O3/c1-29-8-6-20-13-22-24(32)10-17(16-31(2)3)11-26(22)34-28(20)23(29)14-25(33)27(29)19-5-4-18-7-9-30-15-21(18)12-19/h4-9,12-13,15,17,23,27-28H,10-11,14,16H2,1-3H3/t17?,23-,27-,28+,29-/m0/s1. The average molecular weight is 455 g/mol. The van der Waals surface area contributed by atoms with Gasteiger partial charge < -0.3 is 9.64 Å². The van der Waals surface area contributed by atoms with Gasteiger partial charge in [0.25, 0.3) is 0 Å². The molecule has 5 nitrogen and oxygen atoms in total. The predicted octanol–water partition coefficient (Wildman–Crippen LogP) is 4.60. The number of ketones is 2. The number of rotatable bonds is 3. The van der Waals surface area contributed by atoms with Crippen LogP contribution in [0.1, 0.15) is 37.7 Å². The topological polar surface area (TPSA) is 59.5 Å². The van der Waals surface area contributed by atoms with E-state index in [4.69, 9.17) is 4.74 Å². The van der Waals surface area contributed by atoms with E-state index >= 15 is 0 Å². The van der Waals surface area contributed by atoms with Crippen molar-refractivity contribution >= 4 is 22.3 Å². The Bertz CT molecular complexity index is 1300. The Labute approximate surface area is 200 Å². The van der Waals surface area contributed by atoms with Crippen molar-refractivity contribution < 1.29 is 14.3 Å². The van der Waals surface area contributed by atoms with Gasteiger partial charge in [-0.05, 0) is 54.7 Å². The summed E-state index contributed by atoms with van der Waals surface area (Å²) in [6.07, 6.45) is 11.6. The molecule has 1 aliphatic heterocycles. The van der Waals surface area contributed by atoms with Gasteiger partial charge in [-0.1, -0.05) is 31.2 Å². The number of pyridine rings is 1. The molecule has 1 aromatic carbocycles. The number of nitrogens with zero attached hydrogens (tertiary/aromatic N) is 2. The van der Waals surface area contributed by atoms with Crippen molar-refractivity contribution in [2.24, 2.45) is 17.3 Å². The van der Waals surface area contributed by atoms with Crippen LogP contribution in [-0.4, -0.2) is 48.2 Å². The molecule has 6 rings (SSSR count). The molecule has 34 heavy (non-hydrogen) atoms. The highest BCUT2D eigenvalue weighted by atomic mass is 16.5. The van der Waals surface area contributed by atoms with Gasteiger partial charge in [0.15, 0.2) is 5.78 Å². The molecular formula is C29H30N2O3. The van der Waals surface area contributed by atoms with Crippen molar-refractivity contribution in [1.29, 1.82) is 0 Å². The molecule has 0 radical (unpaired) electrons. The van der Waals surface area contributed by atoms with Crippen molar-refractivity contribution in [2.75, 3.05) is 20.6 Å². The summed E-state index contributed by atoms with van der Waals surface area (Å²) in [5, 5.41) is 2.18. The molecule has 4 aliphatic rings. The molecule has 1 saturated carbocycles. The van der Waals surface area contributed by atoms with Crippen LogP contribution >= 0.6 is 0 Å². The molecule has 0 amide bonds. The molecule has 5 atom stereocenters. The molecule has 2 heterocycles. The summed E-state index contributed by atoms with van der Waals surface area (Å²) in [6, 6.07) is 8.28. The molecule has 1 aromatic heterocycles. The minimum absolute atomic E-state index is 0.0456. The quantitative estimate of drug-likeness (QED) is 0.678. The Morgan fingerprint density at radius 2 is 1.97 bits per heavy atom. The summed E-state index contributed by atoms with van der Waals surface area (Å²) in [4.78, 5) is 32.8. The second-order valence-corrected chi connectivity index (χ2v) is 10.9. The molecule has 0 N–H and O–H groups in total. The highest BCUT2D eigenvalue weighted by molar-refractivity contribution is 6.00. The summed E-state index contributed by atoms with van der Waals surface area (Å²) < 4.78 is 6.62. The first kappa shape index (κ1) is 21.5. The average Bonchev–Trinajstić information content (AvgIpc) is 3.08. The number of benzene rings is 1. The highest BCUT2D eigenvalue weighted by Gasteiger charge is 2.57. The van der Waals surface area contributed by atoms with Gasteiger partial charge in [0, 0.05) is 54.9 Å². The van der Waals surface area contributed by atoms with Crippen molar-refractivity contribution in [3.63, 3.8) is 0 Å². The van der Waals surface area contributed by atoms with Crippen LogP contribution < -0.4 is 0 Å². The Morgan fingerprint density at radius 1 is 1.12 bits per heavy atom. The molecule has 0 bridgehead atoms. The Kier molecular flexibility index (Phi) is 4.89. The number of aromatic nitrogens is 1.